The van der Waals surface area contributed by atoms with E-state index in [0.717, 1.165) is 18.5 Å². The number of ether oxygens (including phenoxy) is 1. The van der Waals surface area contributed by atoms with Gasteiger partial charge in [0.15, 0.2) is 5.75 Å². The smallest absolute Gasteiger partial charge is 0.156 e. The van der Waals surface area contributed by atoms with E-state index in [-0.39, 0.29) is 6.10 Å². The number of aliphatic hydroxyl groups excluding tert-OH is 1. The number of aliphatic hydroxyl groups is 1. The van der Waals surface area contributed by atoms with Gasteiger partial charge in [0.1, 0.15) is 6.61 Å². The number of rotatable bonds is 4. The molecule has 2 aromatic rings. The summed E-state index contributed by atoms with van der Waals surface area (Å²) in [7, 11) is 0. The van der Waals surface area contributed by atoms with Gasteiger partial charge in [0.2, 0.25) is 0 Å². The van der Waals surface area contributed by atoms with E-state index < -0.39 is 0 Å². The number of aryl methyl sites for hydroxylation is 1. The summed E-state index contributed by atoms with van der Waals surface area (Å²) in [5, 5.41) is 15.1. The largest absolute Gasteiger partial charge is 0.489 e. The molecule has 0 amide bonds. The molecule has 3 rings (SSSR count). The highest BCUT2D eigenvalue weighted by Gasteiger charge is 2.20. The molecule has 0 spiro atoms. The monoisotopic (exact) mass is 326 g/mol. The summed E-state index contributed by atoms with van der Waals surface area (Å²) in [6.07, 6.45) is 3.95. The normalized spacial score (nSPS) is 17.6. The minimum atomic E-state index is -0.271. The molecule has 0 aliphatic heterocycles. The van der Waals surface area contributed by atoms with Gasteiger partial charge in [0.05, 0.1) is 28.9 Å². The maximum absolute atomic E-state index is 9.77. The maximum Gasteiger partial charge on any atom is 0.156 e. The Morgan fingerprint density at radius 1 is 1.33 bits per heavy atom. The number of hydrogen-bond donors (Lipinski definition) is 1. The van der Waals surface area contributed by atoms with E-state index in [1.807, 2.05) is 10.9 Å². The molecule has 0 fully saturated rings. The Kier molecular flexibility index (Phi) is 4.38. The van der Waals surface area contributed by atoms with Crippen LogP contribution in [0.5, 0.6) is 5.75 Å². The zero-order valence-electron chi connectivity index (χ0n) is 11.4. The van der Waals surface area contributed by atoms with Crippen LogP contribution in [0.25, 0.3) is 0 Å². The number of fused-ring (bicyclic) bond motifs is 1. The first kappa shape index (κ1) is 14.7. The Morgan fingerprint density at radius 3 is 2.86 bits per heavy atom. The van der Waals surface area contributed by atoms with Crippen molar-refractivity contribution < 1.29 is 9.84 Å². The molecule has 0 bridgehead atoms. The van der Waals surface area contributed by atoms with Gasteiger partial charge in [-0.05, 0) is 30.5 Å². The van der Waals surface area contributed by atoms with Gasteiger partial charge in [-0.3, -0.25) is 4.68 Å². The first-order valence-electron chi connectivity index (χ1n) is 6.93. The van der Waals surface area contributed by atoms with Crippen LogP contribution in [0, 0.1) is 0 Å². The van der Waals surface area contributed by atoms with Crippen molar-refractivity contribution in [1.82, 2.24) is 9.78 Å². The number of hydrogen-bond acceptors (Lipinski definition) is 3. The lowest BCUT2D eigenvalue weighted by atomic mass is 9.96. The summed E-state index contributed by atoms with van der Waals surface area (Å²) in [4.78, 5) is 0. The van der Waals surface area contributed by atoms with Gasteiger partial charge in [-0.15, -0.1) is 0 Å². The molecule has 0 saturated heterocycles. The summed E-state index contributed by atoms with van der Waals surface area (Å²) in [5.41, 5.74) is 2.32. The second kappa shape index (κ2) is 6.26. The van der Waals surface area contributed by atoms with Crippen molar-refractivity contribution in [2.75, 3.05) is 6.61 Å². The van der Waals surface area contributed by atoms with Crippen LogP contribution in [-0.2, 0) is 19.4 Å². The predicted molar refractivity (Wildman–Crippen MR) is 82.2 cm³/mol. The topological polar surface area (TPSA) is 47.3 Å². The maximum atomic E-state index is 9.77. The van der Waals surface area contributed by atoms with Crippen molar-refractivity contribution in [2.24, 2.45) is 0 Å². The Balaban J connectivity index is 1.65. The SMILES string of the molecule is OC1CCc2cnn(CCOc3c(Cl)cccc3Cl)c2C1. The Labute approximate surface area is 133 Å². The van der Waals surface area contributed by atoms with Crippen LogP contribution < -0.4 is 4.74 Å². The molecule has 1 aromatic carbocycles. The fourth-order valence-corrected chi connectivity index (χ4v) is 3.10. The molecule has 1 heterocycles. The lowest BCUT2D eigenvalue weighted by Gasteiger charge is -2.19. The van der Waals surface area contributed by atoms with Gasteiger partial charge in [-0.2, -0.15) is 5.10 Å². The van der Waals surface area contributed by atoms with Crippen molar-refractivity contribution in [1.29, 1.82) is 0 Å². The van der Waals surface area contributed by atoms with Crippen molar-refractivity contribution in [2.45, 2.75) is 31.9 Å². The van der Waals surface area contributed by atoms with E-state index in [2.05, 4.69) is 5.10 Å². The second-order valence-corrected chi connectivity index (χ2v) is 5.95. The molecule has 0 saturated carbocycles. The molecule has 1 aliphatic rings. The fraction of sp³-hybridized carbons (Fsp3) is 0.400. The van der Waals surface area contributed by atoms with Gasteiger partial charge in [0.25, 0.3) is 0 Å². The molecular weight excluding hydrogens is 311 g/mol. The first-order valence-corrected chi connectivity index (χ1v) is 7.69. The van der Waals surface area contributed by atoms with Gasteiger partial charge in [0, 0.05) is 12.1 Å². The third kappa shape index (κ3) is 3.18. The van der Waals surface area contributed by atoms with Gasteiger partial charge < -0.3 is 9.84 Å². The number of aromatic nitrogens is 2. The Morgan fingerprint density at radius 2 is 2.10 bits per heavy atom. The van der Waals surface area contributed by atoms with E-state index in [9.17, 15) is 5.11 Å². The lowest BCUT2D eigenvalue weighted by Crippen LogP contribution is -2.22. The summed E-state index contributed by atoms with van der Waals surface area (Å²) in [6.45, 7) is 1.03. The average Bonchev–Trinajstić information content (AvgIpc) is 2.84. The molecule has 1 N–H and O–H groups in total. The van der Waals surface area contributed by atoms with Crippen LogP contribution in [0.4, 0.5) is 0 Å². The molecule has 4 nitrogen and oxygen atoms in total. The minimum Gasteiger partial charge on any atom is -0.489 e. The van der Waals surface area contributed by atoms with Crippen LogP contribution >= 0.6 is 23.2 Å². The van der Waals surface area contributed by atoms with E-state index in [1.54, 1.807) is 18.2 Å². The van der Waals surface area contributed by atoms with Crippen molar-refractivity contribution in [3.63, 3.8) is 0 Å². The summed E-state index contributed by atoms with van der Waals surface area (Å²) in [6, 6.07) is 5.27. The van der Waals surface area contributed by atoms with Crippen molar-refractivity contribution in [3.8, 4) is 5.75 Å². The highest BCUT2D eigenvalue weighted by atomic mass is 35.5. The number of nitrogens with zero attached hydrogens (tertiary/aromatic N) is 2. The Bertz CT molecular complexity index is 622. The van der Waals surface area contributed by atoms with E-state index in [1.165, 1.54) is 5.56 Å². The van der Waals surface area contributed by atoms with Crippen LogP contribution in [-0.4, -0.2) is 27.6 Å². The number of benzene rings is 1. The molecule has 1 aliphatic carbocycles. The Hall–Kier alpha value is -1.23. The molecule has 6 heteroatoms. The highest BCUT2D eigenvalue weighted by molar-refractivity contribution is 6.37. The van der Waals surface area contributed by atoms with E-state index in [0.29, 0.717) is 35.4 Å². The number of para-hydroxylation sites is 1. The molecule has 1 unspecified atom stereocenters. The van der Waals surface area contributed by atoms with Gasteiger partial charge in [-0.25, -0.2) is 0 Å². The molecule has 21 heavy (non-hydrogen) atoms. The fourth-order valence-electron chi connectivity index (χ4n) is 2.59. The van der Waals surface area contributed by atoms with Crippen LogP contribution in [0.1, 0.15) is 17.7 Å². The van der Waals surface area contributed by atoms with Crippen molar-refractivity contribution in [3.05, 3.63) is 45.7 Å². The summed E-state index contributed by atoms with van der Waals surface area (Å²) in [5.74, 6) is 0.502. The van der Waals surface area contributed by atoms with Crippen LogP contribution in [0.3, 0.4) is 0 Å². The third-order valence-electron chi connectivity index (χ3n) is 3.68. The highest BCUT2D eigenvalue weighted by Crippen LogP contribution is 2.32. The first-order chi connectivity index (χ1) is 10.1. The van der Waals surface area contributed by atoms with Crippen molar-refractivity contribution >= 4 is 23.2 Å². The second-order valence-electron chi connectivity index (χ2n) is 5.14. The number of halogens is 2. The van der Waals surface area contributed by atoms with Gasteiger partial charge in [-0.1, -0.05) is 29.3 Å². The molecule has 112 valence electrons. The zero-order valence-corrected chi connectivity index (χ0v) is 12.9. The van der Waals surface area contributed by atoms with E-state index in [4.69, 9.17) is 27.9 Å². The van der Waals surface area contributed by atoms with Crippen LogP contribution in [0.2, 0.25) is 10.0 Å². The molecular formula is C15H16Cl2N2O2. The van der Waals surface area contributed by atoms with Crippen LogP contribution in [0.15, 0.2) is 24.4 Å². The molecule has 1 aromatic heterocycles. The predicted octanol–water partition coefficient (Wildman–Crippen LogP) is 3.12. The van der Waals surface area contributed by atoms with E-state index >= 15 is 0 Å². The zero-order chi connectivity index (χ0) is 14.8. The summed E-state index contributed by atoms with van der Waals surface area (Å²) >= 11 is 12.1. The average molecular weight is 327 g/mol. The minimum absolute atomic E-state index is 0.271. The standard InChI is InChI=1S/C15H16Cl2N2O2/c16-12-2-1-3-13(17)15(12)21-7-6-19-14-8-11(20)5-4-10(14)9-18-19/h1-3,9,11,20H,4-8H2. The lowest BCUT2D eigenvalue weighted by molar-refractivity contribution is 0.154. The quantitative estimate of drug-likeness (QED) is 0.939. The summed E-state index contributed by atoms with van der Waals surface area (Å²) < 4.78 is 7.56. The van der Waals surface area contributed by atoms with Gasteiger partial charge >= 0.3 is 0 Å². The third-order valence-corrected chi connectivity index (χ3v) is 4.27. The molecule has 0 radical (unpaired) electrons. The molecule has 1 atom stereocenters.